The molecular weight excluding hydrogens is 378 g/mol. The lowest BCUT2D eigenvalue weighted by Crippen LogP contribution is -2.24. The number of rotatable bonds is 6. The minimum atomic E-state index is 0.0317. The molecule has 154 valence electrons. The highest BCUT2D eigenvalue weighted by atomic mass is 16.5. The van der Waals surface area contributed by atoms with E-state index in [1.165, 1.54) is 0 Å². The Labute approximate surface area is 176 Å². The molecule has 2 aromatic carbocycles. The molecule has 0 N–H and O–H groups in total. The first kappa shape index (κ1) is 18.9. The van der Waals surface area contributed by atoms with Crippen LogP contribution >= 0.6 is 0 Å². The summed E-state index contributed by atoms with van der Waals surface area (Å²) in [6.45, 7) is 2.48. The van der Waals surface area contributed by atoms with E-state index in [4.69, 9.17) is 9.47 Å². The van der Waals surface area contributed by atoms with Gasteiger partial charge in [-0.25, -0.2) is 0 Å². The lowest BCUT2D eigenvalue weighted by Gasteiger charge is -2.16. The summed E-state index contributed by atoms with van der Waals surface area (Å²) in [5.74, 6) is 0.701. The second kappa shape index (κ2) is 7.95. The molecule has 3 heterocycles. The fourth-order valence-electron chi connectivity index (χ4n) is 4.19. The second-order valence-corrected chi connectivity index (χ2v) is 8.00. The molecule has 0 aliphatic carbocycles. The van der Waals surface area contributed by atoms with Crippen molar-refractivity contribution in [2.24, 2.45) is 7.05 Å². The Bertz CT molecular complexity index is 1050. The van der Waals surface area contributed by atoms with Crippen molar-refractivity contribution < 1.29 is 14.3 Å². The van der Waals surface area contributed by atoms with Crippen LogP contribution in [0.25, 0.3) is 11.1 Å². The van der Waals surface area contributed by atoms with Gasteiger partial charge in [-0.15, -0.1) is 0 Å². The summed E-state index contributed by atoms with van der Waals surface area (Å²) in [7, 11) is 1.91. The van der Waals surface area contributed by atoms with Gasteiger partial charge < -0.3 is 14.4 Å². The summed E-state index contributed by atoms with van der Waals surface area (Å²) in [4.78, 5) is 15.0. The predicted molar refractivity (Wildman–Crippen MR) is 113 cm³/mol. The van der Waals surface area contributed by atoms with Crippen LogP contribution in [0.1, 0.15) is 34.3 Å². The van der Waals surface area contributed by atoms with Crippen molar-refractivity contribution in [2.45, 2.75) is 32.0 Å². The van der Waals surface area contributed by atoms with Crippen LogP contribution in [0.5, 0.6) is 5.75 Å². The molecule has 5 rings (SSSR count). The molecule has 0 bridgehead atoms. The number of fused-ring (bicyclic) bond motifs is 1. The third-order valence-electron chi connectivity index (χ3n) is 5.79. The van der Waals surface area contributed by atoms with Crippen molar-refractivity contribution in [3.8, 4) is 16.9 Å². The summed E-state index contributed by atoms with van der Waals surface area (Å²) in [6, 6.07) is 14.2. The quantitative estimate of drug-likeness (QED) is 0.628. The molecule has 1 amide bonds. The van der Waals surface area contributed by atoms with Crippen LogP contribution in [0.2, 0.25) is 0 Å². The van der Waals surface area contributed by atoms with Crippen molar-refractivity contribution in [1.82, 2.24) is 14.7 Å². The Morgan fingerprint density at radius 3 is 2.77 bits per heavy atom. The van der Waals surface area contributed by atoms with Gasteiger partial charge in [0.05, 0.1) is 17.9 Å². The van der Waals surface area contributed by atoms with E-state index in [0.717, 1.165) is 41.7 Å². The van der Waals surface area contributed by atoms with Gasteiger partial charge in [-0.3, -0.25) is 9.48 Å². The van der Waals surface area contributed by atoms with E-state index < -0.39 is 0 Å². The fourth-order valence-corrected chi connectivity index (χ4v) is 4.19. The Morgan fingerprint density at radius 1 is 1.17 bits per heavy atom. The number of ether oxygens (including phenoxy) is 2. The third-order valence-corrected chi connectivity index (χ3v) is 5.79. The largest absolute Gasteiger partial charge is 0.490 e. The number of benzene rings is 2. The van der Waals surface area contributed by atoms with Crippen LogP contribution in [-0.2, 0) is 24.9 Å². The van der Waals surface area contributed by atoms with E-state index in [0.29, 0.717) is 31.0 Å². The molecule has 3 aromatic rings. The molecule has 6 nitrogen and oxygen atoms in total. The molecular formula is C24H25N3O3. The second-order valence-electron chi connectivity index (χ2n) is 8.00. The maximum Gasteiger partial charge on any atom is 0.258 e. The summed E-state index contributed by atoms with van der Waals surface area (Å²) >= 11 is 0. The first-order valence-electron chi connectivity index (χ1n) is 10.4. The van der Waals surface area contributed by atoms with Gasteiger partial charge in [0.2, 0.25) is 0 Å². The number of hydrogen-bond acceptors (Lipinski definition) is 4. The lowest BCUT2D eigenvalue weighted by atomic mass is 10.1. The molecule has 0 spiro atoms. The Kier molecular flexibility index (Phi) is 5.01. The van der Waals surface area contributed by atoms with Gasteiger partial charge >= 0.3 is 0 Å². The standard InChI is InChI=1S/C24H25N3O3/c1-26-14-20(12-25-26)18-9-7-17(8-10-18)13-27-15-19-4-2-6-22(23(19)24(27)28)30-16-21-5-3-11-29-21/h2,4,6-10,12,14,21H,3,5,11,13,15-16H2,1H3/t21-/m1/s1. The molecule has 30 heavy (non-hydrogen) atoms. The van der Waals surface area contributed by atoms with E-state index in [1.54, 1.807) is 4.68 Å². The van der Waals surface area contributed by atoms with Crippen LogP contribution in [0, 0.1) is 0 Å². The minimum absolute atomic E-state index is 0.0317. The average molecular weight is 403 g/mol. The molecule has 1 fully saturated rings. The van der Waals surface area contributed by atoms with Crippen molar-refractivity contribution in [3.63, 3.8) is 0 Å². The molecule has 1 aromatic heterocycles. The zero-order chi connectivity index (χ0) is 20.5. The number of carbonyl (C=O) groups is 1. The molecule has 0 unspecified atom stereocenters. The Balaban J connectivity index is 1.28. The maximum atomic E-state index is 13.1. The van der Waals surface area contributed by atoms with Gasteiger partial charge in [-0.1, -0.05) is 36.4 Å². The van der Waals surface area contributed by atoms with Crippen molar-refractivity contribution in [1.29, 1.82) is 0 Å². The van der Waals surface area contributed by atoms with Gasteiger partial charge in [-0.2, -0.15) is 5.10 Å². The summed E-state index contributed by atoms with van der Waals surface area (Å²) < 4.78 is 13.4. The van der Waals surface area contributed by atoms with Gasteiger partial charge in [0.25, 0.3) is 5.91 Å². The predicted octanol–water partition coefficient (Wildman–Crippen LogP) is 3.80. The van der Waals surface area contributed by atoms with Gasteiger partial charge in [0, 0.05) is 38.5 Å². The van der Waals surface area contributed by atoms with Crippen molar-refractivity contribution >= 4 is 5.91 Å². The normalized spacial score (nSPS) is 18.1. The number of aromatic nitrogens is 2. The Hall–Kier alpha value is -3.12. The lowest BCUT2D eigenvalue weighted by molar-refractivity contribution is 0.0659. The smallest absolute Gasteiger partial charge is 0.258 e. The zero-order valence-corrected chi connectivity index (χ0v) is 17.1. The van der Waals surface area contributed by atoms with Crippen LogP contribution in [-0.4, -0.2) is 39.9 Å². The van der Waals surface area contributed by atoms with Gasteiger partial charge in [0.1, 0.15) is 12.4 Å². The SMILES string of the molecule is Cn1cc(-c2ccc(CN3Cc4cccc(OC[C@H]5CCCO5)c4C3=O)cc2)cn1. The zero-order valence-electron chi connectivity index (χ0n) is 17.1. The molecule has 1 atom stereocenters. The average Bonchev–Trinajstić information content (AvgIpc) is 3.49. The number of hydrogen-bond donors (Lipinski definition) is 0. The first-order chi connectivity index (χ1) is 14.7. The molecule has 0 radical (unpaired) electrons. The van der Waals surface area contributed by atoms with E-state index in [1.807, 2.05) is 42.5 Å². The molecule has 0 saturated carbocycles. The van der Waals surface area contributed by atoms with Gasteiger partial charge in [-0.05, 0) is 35.6 Å². The minimum Gasteiger partial charge on any atom is -0.490 e. The van der Waals surface area contributed by atoms with Crippen molar-refractivity contribution in [3.05, 3.63) is 71.5 Å². The van der Waals surface area contributed by atoms with Crippen molar-refractivity contribution in [2.75, 3.05) is 13.2 Å². The van der Waals surface area contributed by atoms with E-state index in [9.17, 15) is 4.79 Å². The van der Waals surface area contributed by atoms with E-state index in [2.05, 4.69) is 29.4 Å². The summed E-state index contributed by atoms with van der Waals surface area (Å²) in [5, 5.41) is 4.22. The van der Waals surface area contributed by atoms with Crippen LogP contribution < -0.4 is 4.74 Å². The number of amides is 1. The highest BCUT2D eigenvalue weighted by Gasteiger charge is 2.31. The maximum absolute atomic E-state index is 13.1. The first-order valence-corrected chi connectivity index (χ1v) is 10.4. The third kappa shape index (κ3) is 3.71. The molecule has 2 aliphatic rings. The Morgan fingerprint density at radius 2 is 2.03 bits per heavy atom. The van der Waals surface area contributed by atoms with Crippen LogP contribution in [0.15, 0.2) is 54.9 Å². The van der Waals surface area contributed by atoms with E-state index in [-0.39, 0.29) is 12.0 Å². The van der Waals surface area contributed by atoms with Crippen LogP contribution in [0.4, 0.5) is 0 Å². The monoisotopic (exact) mass is 403 g/mol. The highest BCUT2D eigenvalue weighted by molar-refractivity contribution is 6.01. The number of carbonyl (C=O) groups excluding carboxylic acids is 1. The van der Waals surface area contributed by atoms with E-state index >= 15 is 0 Å². The topological polar surface area (TPSA) is 56.6 Å². The summed E-state index contributed by atoms with van der Waals surface area (Å²) in [5.41, 5.74) is 5.03. The van der Waals surface area contributed by atoms with Crippen LogP contribution in [0.3, 0.4) is 0 Å². The fraction of sp³-hybridized carbons (Fsp3) is 0.333. The highest BCUT2D eigenvalue weighted by Crippen LogP contribution is 2.32. The molecule has 1 saturated heterocycles. The molecule has 2 aliphatic heterocycles. The van der Waals surface area contributed by atoms with Gasteiger partial charge in [0.15, 0.2) is 0 Å². The summed E-state index contributed by atoms with van der Waals surface area (Å²) in [6.07, 6.45) is 6.07. The number of aryl methyl sites for hydroxylation is 1. The molecule has 6 heteroatoms. The number of nitrogens with zero attached hydrogens (tertiary/aromatic N) is 3.